The highest BCUT2D eigenvalue weighted by molar-refractivity contribution is 6.30. The number of carbonyl (C=O) groups is 1. The van der Waals surface area contributed by atoms with Crippen LogP contribution in [0.5, 0.6) is 0 Å². The Bertz CT molecular complexity index is 888. The Hall–Kier alpha value is -2.39. The summed E-state index contributed by atoms with van der Waals surface area (Å²) in [7, 11) is 0. The Labute approximate surface area is 146 Å². The van der Waals surface area contributed by atoms with E-state index in [0.717, 1.165) is 22.0 Å². The van der Waals surface area contributed by atoms with Crippen molar-refractivity contribution in [2.75, 3.05) is 6.61 Å². The second kappa shape index (κ2) is 7.02. The molecule has 0 saturated heterocycles. The van der Waals surface area contributed by atoms with Crippen LogP contribution in [0.3, 0.4) is 0 Å². The van der Waals surface area contributed by atoms with Gasteiger partial charge in [-0.05, 0) is 49.6 Å². The molecule has 0 aliphatic heterocycles. The summed E-state index contributed by atoms with van der Waals surface area (Å²) in [5.74, 6) is -0.322. The van der Waals surface area contributed by atoms with Crippen molar-refractivity contribution >= 4 is 28.5 Å². The zero-order valence-corrected chi connectivity index (χ0v) is 14.4. The van der Waals surface area contributed by atoms with Crippen molar-refractivity contribution in [1.29, 1.82) is 0 Å². The predicted molar refractivity (Wildman–Crippen MR) is 96.7 cm³/mol. The molecule has 3 aromatic rings. The van der Waals surface area contributed by atoms with Gasteiger partial charge in [0.05, 0.1) is 23.4 Å². The van der Waals surface area contributed by atoms with Crippen molar-refractivity contribution in [3.63, 3.8) is 0 Å². The van der Waals surface area contributed by atoms with E-state index in [0.29, 0.717) is 29.3 Å². The van der Waals surface area contributed by atoms with E-state index in [1.807, 2.05) is 55.5 Å². The number of aromatic nitrogens is 1. The molecule has 0 aliphatic carbocycles. The second-order valence-corrected chi connectivity index (χ2v) is 6.03. The summed E-state index contributed by atoms with van der Waals surface area (Å²) in [6.07, 6.45) is 0.620. The smallest absolute Gasteiger partial charge is 0.340 e. The Morgan fingerprint density at radius 3 is 2.54 bits per heavy atom. The van der Waals surface area contributed by atoms with Crippen LogP contribution in [0.2, 0.25) is 5.02 Å². The van der Waals surface area contributed by atoms with Crippen LogP contribution in [-0.2, 0) is 11.2 Å². The third-order valence-corrected chi connectivity index (χ3v) is 4.21. The van der Waals surface area contributed by atoms with Gasteiger partial charge in [-0.3, -0.25) is 4.98 Å². The van der Waals surface area contributed by atoms with Gasteiger partial charge in [0.25, 0.3) is 0 Å². The van der Waals surface area contributed by atoms with E-state index < -0.39 is 0 Å². The SMILES string of the molecule is CCOC(=O)c1c(C)nc2ccccc2c1Cc1ccc(Cl)cc1. The van der Waals surface area contributed by atoms with Gasteiger partial charge < -0.3 is 4.74 Å². The number of carbonyl (C=O) groups excluding carboxylic acids is 1. The minimum Gasteiger partial charge on any atom is -0.462 e. The molecule has 0 amide bonds. The lowest BCUT2D eigenvalue weighted by Crippen LogP contribution is -2.12. The second-order valence-electron chi connectivity index (χ2n) is 5.59. The lowest BCUT2D eigenvalue weighted by Gasteiger charge is -2.15. The van der Waals surface area contributed by atoms with Gasteiger partial charge in [-0.1, -0.05) is 41.9 Å². The van der Waals surface area contributed by atoms with E-state index in [9.17, 15) is 4.79 Å². The van der Waals surface area contributed by atoms with Gasteiger partial charge in [0.1, 0.15) is 0 Å². The standard InChI is InChI=1S/C20H18ClNO2/c1-3-24-20(23)19-13(2)22-18-7-5-4-6-16(18)17(19)12-14-8-10-15(21)11-9-14/h4-11H,3,12H2,1-2H3. The molecule has 0 aliphatic rings. The maximum absolute atomic E-state index is 12.5. The fraction of sp³-hybridized carbons (Fsp3) is 0.200. The van der Waals surface area contributed by atoms with Gasteiger partial charge in [-0.2, -0.15) is 0 Å². The quantitative estimate of drug-likeness (QED) is 0.630. The minimum atomic E-state index is -0.322. The fourth-order valence-corrected chi connectivity index (χ4v) is 3.01. The van der Waals surface area contributed by atoms with Gasteiger partial charge in [0.15, 0.2) is 0 Å². The van der Waals surface area contributed by atoms with Crippen LogP contribution in [0, 0.1) is 6.92 Å². The highest BCUT2D eigenvalue weighted by atomic mass is 35.5. The van der Waals surface area contributed by atoms with Gasteiger partial charge in [-0.25, -0.2) is 4.79 Å². The zero-order chi connectivity index (χ0) is 17.1. The third-order valence-electron chi connectivity index (χ3n) is 3.95. The van der Waals surface area contributed by atoms with Crippen LogP contribution in [0.4, 0.5) is 0 Å². The highest BCUT2D eigenvalue weighted by Crippen LogP contribution is 2.27. The van der Waals surface area contributed by atoms with Gasteiger partial charge in [-0.15, -0.1) is 0 Å². The number of fused-ring (bicyclic) bond motifs is 1. The zero-order valence-electron chi connectivity index (χ0n) is 13.7. The molecular formula is C20H18ClNO2. The van der Waals surface area contributed by atoms with E-state index in [-0.39, 0.29) is 5.97 Å². The van der Waals surface area contributed by atoms with Crippen molar-refractivity contribution in [3.05, 3.63) is 75.9 Å². The first kappa shape index (κ1) is 16.5. The number of esters is 1. The average molecular weight is 340 g/mol. The lowest BCUT2D eigenvalue weighted by molar-refractivity contribution is 0.0524. The van der Waals surface area contributed by atoms with Gasteiger partial charge >= 0.3 is 5.97 Å². The fourth-order valence-electron chi connectivity index (χ4n) is 2.88. The Morgan fingerprint density at radius 1 is 1.12 bits per heavy atom. The van der Waals surface area contributed by atoms with E-state index in [1.165, 1.54) is 0 Å². The molecular weight excluding hydrogens is 322 g/mol. The predicted octanol–water partition coefficient (Wildman–Crippen LogP) is 4.96. The summed E-state index contributed by atoms with van der Waals surface area (Å²) in [5, 5.41) is 1.67. The Kier molecular flexibility index (Phi) is 4.81. The van der Waals surface area contributed by atoms with Crippen LogP contribution >= 0.6 is 11.6 Å². The number of nitrogens with zero attached hydrogens (tertiary/aromatic N) is 1. The van der Waals surface area contributed by atoms with Gasteiger partial charge in [0.2, 0.25) is 0 Å². The van der Waals surface area contributed by atoms with Gasteiger partial charge in [0, 0.05) is 10.4 Å². The van der Waals surface area contributed by atoms with Crippen molar-refractivity contribution in [2.24, 2.45) is 0 Å². The van der Waals surface area contributed by atoms with E-state index in [1.54, 1.807) is 6.92 Å². The number of aryl methyl sites for hydroxylation is 1. The molecule has 0 N–H and O–H groups in total. The average Bonchev–Trinajstić information content (AvgIpc) is 2.57. The first-order chi connectivity index (χ1) is 11.6. The number of rotatable bonds is 4. The number of pyridine rings is 1. The molecule has 2 aromatic carbocycles. The number of para-hydroxylation sites is 1. The lowest BCUT2D eigenvalue weighted by atomic mass is 9.95. The van der Waals surface area contributed by atoms with Crippen molar-refractivity contribution in [1.82, 2.24) is 4.98 Å². The molecule has 0 saturated carbocycles. The number of benzene rings is 2. The van der Waals surface area contributed by atoms with Crippen LogP contribution in [0.1, 0.15) is 34.1 Å². The first-order valence-electron chi connectivity index (χ1n) is 7.90. The van der Waals surface area contributed by atoms with Crippen LogP contribution in [0.15, 0.2) is 48.5 Å². The molecule has 3 nitrogen and oxygen atoms in total. The topological polar surface area (TPSA) is 39.2 Å². The number of hydrogen-bond acceptors (Lipinski definition) is 3. The molecule has 4 heteroatoms. The molecule has 3 rings (SSSR count). The highest BCUT2D eigenvalue weighted by Gasteiger charge is 2.20. The largest absolute Gasteiger partial charge is 0.462 e. The Balaban J connectivity index is 2.19. The molecule has 1 aromatic heterocycles. The molecule has 0 atom stereocenters. The van der Waals surface area contributed by atoms with E-state index in [4.69, 9.17) is 16.3 Å². The molecule has 1 heterocycles. The number of halogens is 1. The number of ether oxygens (including phenoxy) is 1. The summed E-state index contributed by atoms with van der Waals surface area (Å²) < 4.78 is 5.26. The minimum absolute atomic E-state index is 0.322. The summed E-state index contributed by atoms with van der Waals surface area (Å²) in [6, 6.07) is 15.5. The van der Waals surface area contributed by atoms with Crippen molar-refractivity contribution < 1.29 is 9.53 Å². The molecule has 0 spiro atoms. The first-order valence-corrected chi connectivity index (χ1v) is 8.27. The number of hydrogen-bond donors (Lipinski definition) is 0. The maximum Gasteiger partial charge on any atom is 0.340 e. The van der Waals surface area contributed by atoms with Crippen molar-refractivity contribution in [2.45, 2.75) is 20.3 Å². The summed E-state index contributed by atoms with van der Waals surface area (Å²) >= 11 is 5.97. The maximum atomic E-state index is 12.5. The monoisotopic (exact) mass is 339 g/mol. The molecule has 122 valence electrons. The van der Waals surface area contributed by atoms with Crippen molar-refractivity contribution in [3.8, 4) is 0 Å². The molecule has 0 bridgehead atoms. The molecule has 24 heavy (non-hydrogen) atoms. The van der Waals surface area contributed by atoms with E-state index >= 15 is 0 Å². The van der Waals surface area contributed by atoms with Crippen LogP contribution in [-0.4, -0.2) is 17.6 Å². The summed E-state index contributed by atoms with van der Waals surface area (Å²) in [4.78, 5) is 17.1. The normalized spacial score (nSPS) is 10.8. The molecule has 0 unspecified atom stereocenters. The Morgan fingerprint density at radius 2 is 1.83 bits per heavy atom. The van der Waals surface area contributed by atoms with Crippen LogP contribution < -0.4 is 0 Å². The van der Waals surface area contributed by atoms with E-state index in [2.05, 4.69) is 4.98 Å². The molecule has 0 fully saturated rings. The third kappa shape index (κ3) is 3.26. The van der Waals surface area contributed by atoms with Crippen LogP contribution in [0.25, 0.3) is 10.9 Å². The molecule has 0 radical (unpaired) electrons. The summed E-state index contributed by atoms with van der Waals surface area (Å²) in [6.45, 7) is 4.00. The summed E-state index contributed by atoms with van der Waals surface area (Å²) in [5.41, 5.74) is 4.16.